The highest BCUT2D eigenvalue weighted by atomic mass is 32.2. The van der Waals surface area contributed by atoms with Gasteiger partial charge in [-0.3, -0.25) is 4.79 Å². The van der Waals surface area contributed by atoms with Crippen molar-refractivity contribution in [2.75, 3.05) is 26.9 Å². The van der Waals surface area contributed by atoms with Gasteiger partial charge in [-0.15, -0.1) is 0 Å². The monoisotopic (exact) mass is 422 g/mol. The Morgan fingerprint density at radius 3 is 2.45 bits per heavy atom. The summed E-state index contributed by atoms with van der Waals surface area (Å²) in [7, 11) is -2.43. The van der Waals surface area contributed by atoms with Gasteiger partial charge >= 0.3 is 0 Å². The maximum absolute atomic E-state index is 14.3. The van der Waals surface area contributed by atoms with Crippen LogP contribution in [0.1, 0.15) is 29.8 Å². The number of carbonyl (C=O) groups is 1. The molecular formula is C20H23FN2O5S. The Kier molecular flexibility index (Phi) is 6.09. The fraction of sp³-hybridized carbons (Fsp3) is 0.350. The van der Waals surface area contributed by atoms with Crippen molar-refractivity contribution in [3.05, 3.63) is 53.3 Å². The van der Waals surface area contributed by atoms with E-state index < -0.39 is 26.6 Å². The minimum Gasteiger partial charge on any atom is -0.454 e. The molecular weight excluding hydrogens is 399 g/mol. The number of fused-ring (bicyclic) bond motifs is 1. The summed E-state index contributed by atoms with van der Waals surface area (Å²) in [6, 6.07) is 8.77. The summed E-state index contributed by atoms with van der Waals surface area (Å²) in [6.07, 6.45) is 0. The van der Waals surface area contributed by atoms with Crippen LogP contribution in [0, 0.1) is 5.82 Å². The van der Waals surface area contributed by atoms with Gasteiger partial charge in [0.1, 0.15) is 10.7 Å². The van der Waals surface area contributed by atoms with Gasteiger partial charge in [0.15, 0.2) is 11.5 Å². The first-order valence-electron chi connectivity index (χ1n) is 9.21. The van der Waals surface area contributed by atoms with Crippen molar-refractivity contribution < 1.29 is 27.1 Å². The molecule has 1 amide bonds. The number of hydrogen-bond donors (Lipinski definition) is 0. The van der Waals surface area contributed by atoms with Crippen LogP contribution in [0.5, 0.6) is 11.5 Å². The number of sulfonamides is 1. The van der Waals surface area contributed by atoms with E-state index in [1.807, 2.05) is 6.07 Å². The molecule has 0 spiro atoms. The molecule has 0 aromatic heterocycles. The van der Waals surface area contributed by atoms with Crippen molar-refractivity contribution >= 4 is 15.9 Å². The SMILES string of the molecule is CCN(CC)S(=O)(=O)c1cc(C(=O)N(C)Cc2ccc3c(c2)OCO3)ccc1F. The third kappa shape index (κ3) is 4.20. The second kappa shape index (κ2) is 8.38. The number of benzene rings is 2. The second-order valence-electron chi connectivity index (χ2n) is 6.58. The Balaban J connectivity index is 1.84. The average molecular weight is 422 g/mol. The van der Waals surface area contributed by atoms with Crippen molar-refractivity contribution in [3.63, 3.8) is 0 Å². The number of nitrogens with zero attached hydrogens (tertiary/aromatic N) is 2. The zero-order valence-electron chi connectivity index (χ0n) is 16.5. The molecule has 0 aliphatic carbocycles. The third-order valence-corrected chi connectivity index (χ3v) is 6.77. The lowest BCUT2D eigenvalue weighted by Gasteiger charge is -2.21. The van der Waals surface area contributed by atoms with Crippen molar-refractivity contribution in [1.29, 1.82) is 0 Å². The zero-order chi connectivity index (χ0) is 21.2. The van der Waals surface area contributed by atoms with Crippen LogP contribution >= 0.6 is 0 Å². The lowest BCUT2D eigenvalue weighted by molar-refractivity contribution is 0.0784. The van der Waals surface area contributed by atoms with Crippen LogP contribution in [-0.2, 0) is 16.6 Å². The first kappa shape index (κ1) is 21.1. The first-order chi connectivity index (χ1) is 13.8. The molecule has 0 N–H and O–H groups in total. The van der Waals surface area contributed by atoms with Gasteiger partial charge in [0.2, 0.25) is 16.8 Å². The molecule has 0 unspecified atom stereocenters. The average Bonchev–Trinajstić information content (AvgIpc) is 3.16. The second-order valence-corrected chi connectivity index (χ2v) is 8.49. The highest BCUT2D eigenvalue weighted by molar-refractivity contribution is 7.89. The van der Waals surface area contributed by atoms with E-state index in [1.165, 1.54) is 11.0 Å². The Bertz CT molecular complexity index is 1020. The molecule has 1 aliphatic heterocycles. The Hall–Kier alpha value is -2.65. The lowest BCUT2D eigenvalue weighted by atomic mass is 10.1. The van der Waals surface area contributed by atoms with Gasteiger partial charge in [-0.1, -0.05) is 19.9 Å². The number of amides is 1. The number of carbonyl (C=O) groups excluding carboxylic acids is 1. The lowest BCUT2D eigenvalue weighted by Crippen LogP contribution is -2.32. The fourth-order valence-corrected chi connectivity index (χ4v) is 4.69. The highest BCUT2D eigenvalue weighted by Gasteiger charge is 2.27. The molecule has 0 radical (unpaired) electrons. The smallest absolute Gasteiger partial charge is 0.253 e. The molecule has 9 heteroatoms. The molecule has 2 aromatic rings. The highest BCUT2D eigenvalue weighted by Crippen LogP contribution is 2.32. The summed E-state index contributed by atoms with van der Waals surface area (Å²) >= 11 is 0. The number of ether oxygens (including phenoxy) is 2. The molecule has 0 saturated heterocycles. The normalized spacial score (nSPS) is 13.0. The van der Waals surface area contributed by atoms with E-state index in [2.05, 4.69) is 0 Å². The molecule has 0 bridgehead atoms. The number of rotatable bonds is 7. The van der Waals surface area contributed by atoms with Gasteiger partial charge in [-0.2, -0.15) is 4.31 Å². The van der Waals surface area contributed by atoms with Crippen LogP contribution in [0.4, 0.5) is 4.39 Å². The molecule has 0 atom stereocenters. The van der Waals surface area contributed by atoms with Crippen LogP contribution in [0.15, 0.2) is 41.3 Å². The Morgan fingerprint density at radius 1 is 1.07 bits per heavy atom. The minimum absolute atomic E-state index is 0.0976. The standard InChI is InChI=1S/C20H23FN2O5S/c1-4-23(5-2)29(25,26)19-11-15(7-8-16(19)21)20(24)22(3)12-14-6-9-17-18(10-14)28-13-27-17/h6-11H,4-5,12-13H2,1-3H3. The number of halogens is 1. The maximum atomic E-state index is 14.3. The summed E-state index contributed by atoms with van der Waals surface area (Å²) in [4.78, 5) is 13.8. The van der Waals surface area contributed by atoms with E-state index in [9.17, 15) is 17.6 Å². The van der Waals surface area contributed by atoms with Gasteiger partial charge in [0.05, 0.1) is 0 Å². The van der Waals surface area contributed by atoms with Gasteiger partial charge in [-0.05, 0) is 35.9 Å². The van der Waals surface area contributed by atoms with E-state index in [1.54, 1.807) is 33.0 Å². The van der Waals surface area contributed by atoms with Crippen molar-refractivity contribution in [2.24, 2.45) is 0 Å². The Morgan fingerprint density at radius 2 is 1.76 bits per heavy atom. The molecule has 1 heterocycles. The number of hydrogen-bond acceptors (Lipinski definition) is 5. The summed E-state index contributed by atoms with van der Waals surface area (Å²) in [6.45, 7) is 4.19. The van der Waals surface area contributed by atoms with Crippen LogP contribution in [0.2, 0.25) is 0 Å². The molecule has 7 nitrogen and oxygen atoms in total. The van der Waals surface area contributed by atoms with Gasteiger partial charge in [-0.25, -0.2) is 12.8 Å². The fourth-order valence-electron chi connectivity index (χ4n) is 3.14. The van der Waals surface area contributed by atoms with Crippen LogP contribution in [0.3, 0.4) is 0 Å². The predicted molar refractivity (Wildman–Crippen MR) is 105 cm³/mol. The van der Waals surface area contributed by atoms with E-state index in [-0.39, 0.29) is 32.0 Å². The van der Waals surface area contributed by atoms with Crippen molar-refractivity contribution in [1.82, 2.24) is 9.21 Å². The summed E-state index contributed by atoms with van der Waals surface area (Å²) in [5, 5.41) is 0. The Labute approximate surface area is 169 Å². The summed E-state index contributed by atoms with van der Waals surface area (Å²) in [5.41, 5.74) is 0.920. The molecule has 2 aromatic carbocycles. The molecule has 1 aliphatic rings. The van der Waals surface area contributed by atoms with Crippen molar-refractivity contribution in [2.45, 2.75) is 25.3 Å². The quantitative estimate of drug-likeness (QED) is 0.686. The topological polar surface area (TPSA) is 76.2 Å². The van der Waals surface area contributed by atoms with E-state index in [4.69, 9.17) is 9.47 Å². The molecule has 3 rings (SSSR count). The zero-order valence-corrected chi connectivity index (χ0v) is 17.3. The third-order valence-electron chi connectivity index (χ3n) is 4.70. The summed E-state index contributed by atoms with van der Waals surface area (Å²) < 4.78 is 51.4. The van der Waals surface area contributed by atoms with Crippen LogP contribution in [0.25, 0.3) is 0 Å². The first-order valence-corrected chi connectivity index (χ1v) is 10.7. The van der Waals surface area contributed by atoms with E-state index in [0.29, 0.717) is 11.5 Å². The van der Waals surface area contributed by atoms with Crippen LogP contribution in [-0.4, -0.2) is 50.5 Å². The van der Waals surface area contributed by atoms with Gasteiger partial charge in [0.25, 0.3) is 5.91 Å². The van der Waals surface area contributed by atoms with Crippen LogP contribution < -0.4 is 9.47 Å². The molecule has 0 fully saturated rings. The van der Waals surface area contributed by atoms with E-state index in [0.717, 1.165) is 22.0 Å². The minimum atomic E-state index is -4.02. The molecule has 156 valence electrons. The predicted octanol–water partition coefficient (Wildman–Crippen LogP) is 2.86. The van der Waals surface area contributed by atoms with Gasteiger partial charge < -0.3 is 14.4 Å². The summed E-state index contributed by atoms with van der Waals surface area (Å²) in [5.74, 6) is -0.0456. The molecule has 0 saturated carbocycles. The van der Waals surface area contributed by atoms with E-state index >= 15 is 0 Å². The van der Waals surface area contributed by atoms with Gasteiger partial charge in [0, 0.05) is 32.2 Å². The maximum Gasteiger partial charge on any atom is 0.253 e. The van der Waals surface area contributed by atoms with Crippen molar-refractivity contribution in [3.8, 4) is 11.5 Å². The largest absolute Gasteiger partial charge is 0.454 e. The molecule has 29 heavy (non-hydrogen) atoms.